The molecule has 9 aromatic rings. The van der Waals surface area contributed by atoms with Gasteiger partial charge in [-0.2, -0.15) is 119 Å². The first kappa shape index (κ1) is 82.5. The van der Waals surface area contributed by atoms with Gasteiger partial charge in [-0.25, -0.2) is 0 Å². The lowest BCUT2D eigenvalue weighted by Gasteiger charge is -2.60. The summed E-state index contributed by atoms with van der Waals surface area (Å²) >= 11 is 0. The molecule has 3 aliphatic carbocycles. The average Bonchev–Trinajstić information content (AvgIpc) is 0.696. The fourth-order valence-corrected chi connectivity index (χ4v) is 17.3. The van der Waals surface area contributed by atoms with Gasteiger partial charge in [-0.05, 0) is 161 Å². The number of halogens is 27. The minimum atomic E-state index is -5.52. The third-order valence-electron chi connectivity index (χ3n) is 22.0. The molecule has 12 rings (SSSR count). The normalized spacial score (nSPS) is 20.8. The first-order valence-corrected chi connectivity index (χ1v) is 34.7. The molecule has 0 bridgehead atoms. The van der Waals surface area contributed by atoms with Crippen LogP contribution in [0.2, 0.25) is 0 Å². The largest absolute Gasteiger partial charge is 0.641 e. The summed E-state index contributed by atoms with van der Waals surface area (Å²) in [7, 11) is -3.57. The summed E-state index contributed by atoms with van der Waals surface area (Å²) in [4.78, 5) is 0. The predicted molar refractivity (Wildman–Crippen MR) is 355 cm³/mol. The SMILES string of the molecule is FC(F)(F)c1cccc(C2(OB(OC3(c4cccc(C(F)(F)F)c4)CCCCC3(c3cccc(C(F)(F)F)c3)c3cccc(C(F)(F)F)c3)OC3(c4cccc(C(F)(F)F)c4)CCCCC3(c3cccc(C(F)(F)F)c3)c3cccc(C(F)(F)F)c3)CCCCC2(c2cccc(C(F)(F)F)c2)c2cccc(C(F)(F)F)c2)c1. The second-order valence-electron chi connectivity index (χ2n) is 28.2. The summed E-state index contributed by atoms with van der Waals surface area (Å²) in [5.74, 6) is 0. The Balaban J connectivity index is 1.35. The molecule has 0 N–H and O–H groups in total. The predicted octanol–water partition coefficient (Wildman–Crippen LogP) is 26.6. The van der Waals surface area contributed by atoms with Crippen LogP contribution in [0.15, 0.2) is 218 Å². The lowest BCUT2D eigenvalue weighted by Crippen LogP contribution is -2.64. The summed E-state index contributed by atoms with van der Waals surface area (Å²) in [5, 5.41) is 0. The molecule has 3 aliphatic rings. The molecule has 3 atom stereocenters. The summed E-state index contributed by atoms with van der Waals surface area (Å²) in [6.45, 7) is 0. The maximum absolute atomic E-state index is 15.9. The monoisotopic (exact) mass is 1600 g/mol. The fourth-order valence-electron chi connectivity index (χ4n) is 17.3. The lowest BCUT2D eigenvalue weighted by molar-refractivity contribution is -0.164. The van der Waals surface area contributed by atoms with Crippen molar-refractivity contribution in [1.82, 2.24) is 0 Å². The van der Waals surface area contributed by atoms with Crippen molar-refractivity contribution in [3.63, 3.8) is 0 Å². The lowest BCUT2D eigenvalue weighted by atomic mass is 9.52. The smallest absolute Gasteiger partial charge is 0.375 e. The molecule has 0 spiro atoms. The van der Waals surface area contributed by atoms with Crippen molar-refractivity contribution in [2.75, 3.05) is 0 Å². The van der Waals surface area contributed by atoms with E-state index in [1.165, 1.54) is 0 Å². The molecule has 3 saturated carbocycles. The highest BCUT2D eigenvalue weighted by molar-refractivity contribution is 6.37. The standard InChI is InChI=1S/C81H60BF27O3/c83-73(84,85)58-25-7-16-49(40-58)67(50-17-8-26-59(41-50)74(86,87)88)34-1-4-37-70(67,55-22-13-31-64(46-55)79(101,102)103)110-82(111-71(56-23-14-32-65(47-56)80(104,105)106)38-5-2-35-68(71,51-18-9-27-60(42-51)75(89,90)91)52-19-10-28-61(43-52)76(92,93)94)112-72(57-24-15-33-66(48-57)81(107,108)109)39-6-3-36-69(72,53-20-11-29-62(44-53)77(95,96)97)54-21-12-30-63(45-54)78(98,99)100/h7-33,40-48H,1-6,34-39H2. The molecule has 9 aromatic carbocycles. The third-order valence-corrected chi connectivity index (χ3v) is 22.0. The van der Waals surface area contributed by atoms with E-state index in [9.17, 15) is 0 Å². The molecule has 0 radical (unpaired) electrons. The zero-order chi connectivity index (χ0) is 81.5. The van der Waals surface area contributed by atoms with Gasteiger partial charge in [0.05, 0.1) is 83.1 Å². The quantitative estimate of drug-likeness (QED) is 0.0756. The van der Waals surface area contributed by atoms with Crippen molar-refractivity contribution in [2.24, 2.45) is 0 Å². The van der Waals surface area contributed by atoms with Crippen LogP contribution in [-0.2, 0) is 103 Å². The summed E-state index contributed by atoms with van der Waals surface area (Å²) in [6.07, 6.45) is -57.7. The molecule has 0 aromatic heterocycles. The molecule has 0 heterocycles. The molecule has 0 amide bonds. The van der Waals surface area contributed by atoms with E-state index in [1.807, 2.05) is 0 Å². The van der Waals surface area contributed by atoms with Crippen LogP contribution in [0.1, 0.15) is 177 Å². The van der Waals surface area contributed by atoms with Crippen LogP contribution in [0.4, 0.5) is 119 Å². The van der Waals surface area contributed by atoms with Gasteiger partial charge in [0.2, 0.25) is 0 Å². The van der Waals surface area contributed by atoms with Crippen molar-refractivity contribution in [3.05, 3.63) is 319 Å². The molecular weight excluding hydrogens is 1540 g/mol. The average molecular weight is 1610 g/mol. The van der Waals surface area contributed by atoms with Gasteiger partial charge in [0.25, 0.3) is 0 Å². The Kier molecular flexibility index (Phi) is 21.5. The second kappa shape index (κ2) is 29.1. The van der Waals surface area contributed by atoms with Crippen LogP contribution < -0.4 is 0 Å². The van der Waals surface area contributed by atoms with E-state index in [4.69, 9.17) is 14.0 Å². The molecule has 0 aliphatic heterocycles. The topological polar surface area (TPSA) is 27.7 Å². The summed E-state index contributed by atoms with van der Waals surface area (Å²) in [6, 6.07) is 21.6. The highest BCUT2D eigenvalue weighted by atomic mass is 19.4. The number of benzene rings is 9. The van der Waals surface area contributed by atoms with E-state index >= 15 is 119 Å². The molecule has 3 unspecified atom stereocenters. The second-order valence-corrected chi connectivity index (χ2v) is 28.2. The van der Waals surface area contributed by atoms with Crippen molar-refractivity contribution < 1.29 is 133 Å². The van der Waals surface area contributed by atoms with Gasteiger partial charge >= 0.3 is 62.9 Å². The molecule has 3 fully saturated rings. The number of rotatable bonds is 15. The van der Waals surface area contributed by atoms with Crippen LogP contribution in [0.25, 0.3) is 0 Å². The fraction of sp³-hybridized carbons (Fsp3) is 0.333. The highest BCUT2D eigenvalue weighted by Crippen LogP contribution is 2.66. The van der Waals surface area contributed by atoms with Crippen molar-refractivity contribution in [3.8, 4) is 0 Å². The van der Waals surface area contributed by atoms with Gasteiger partial charge in [-0.15, -0.1) is 0 Å². The van der Waals surface area contributed by atoms with E-state index in [0.717, 1.165) is 91.0 Å². The Hall–Kier alpha value is -8.97. The zero-order valence-corrected chi connectivity index (χ0v) is 57.8. The van der Waals surface area contributed by atoms with Crippen molar-refractivity contribution in [2.45, 2.75) is 166 Å². The van der Waals surface area contributed by atoms with E-state index in [2.05, 4.69) is 0 Å². The number of hydrogen-bond acceptors (Lipinski definition) is 3. The molecule has 31 heteroatoms. The number of hydrogen-bond donors (Lipinski definition) is 0. The molecular formula is C81H60BF27O3. The molecule has 112 heavy (non-hydrogen) atoms. The maximum Gasteiger partial charge on any atom is 0.641 e. The van der Waals surface area contributed by atoms with Gasteiger partial charge in [0, 0.05) is 0 Å². The summed E-state index contributed by atoms with van der Waals surface area (Å²) < 4.78 is 448. The Labute approximate surface area is 621 Å². The zero-order valence-electron chi connectivity index (χ0n) is 57.8. The van der Waals surface area contributed by atoms with E-state index in [0.29, 0.717) is 127 Å². The minimum Gasteiger partial charge on any atom is -0.375 e. The molecule has 3 nitrogen and oxygen atoms in total. The third kappa shape index (κ3) is 15.2. The van der Waals surface area contributed by atoms with Gasteiger partial charge in [0.15, 0.2) is 0 Å². The molecule has 0 saturated heterocycles. The van der Waals surface area contributed by atoms with E-state index in [-0.39, 0.29) is 19.3 Å². The van der Waals surface area contributed by atoms with Gasteiger partial charge in [0.1, 0.15) is 0 Å². The van der Waals surface area contributed by atoms with E-state index in [1.54, 1.807) is 0 Å². The van der Waals surface area contributed by atoms with E-state index < -0.39 is 254 Å². The molecule has 594 valence electrons. The van der Waals surface area contributed by atoms with Crippen LogP contribution in [-0.4, -0.2) is 7.32 Å². The Morgan fingerprint density at radius 3 is 0.473 bits per heavy atom. The van der Waals surface area contributed by atoms with Gasteiger partial charge in [-0.3, -0.25) is 0 Å². The first-order chi connectivity index (χ1) is 52.0. The van der Waals surface area contributed by atoms with Crippen LogP contribution >= 0.6 is 0 Å². The van der Waals surface area contributed by atoms with Crippen molar-refractivity contribution in [1.29, 1.82) is 0 Å². The maximum atomic E-state index is 15.9. The van der Waals surface area contributed by atoms with Crippen LogP contribution in [0, 0.1) is 0 Å². The first-order valence-electron chi connectivity index (χ1n) is 34.7. The van der Waals surface area contributed by atoms with Crippen molar-refractivity contribution >= 4 is 7.32 Å². The summed E-state index contributed by atoms with van der Waals surface area (Å²) in [5.41, 5.74) is -41.5. The highest BCUT2D eigenvalue weighted by Gasteiger charge is 2.68. The van der Waals surface area contributed by atoms with Gasteiger partial charge < -0.3 is 14.0 Å². The van der Waals surface area contributed by atoms with Crippen LogP contribution in [0.5, 0.6) is 0 Å². The van der Waals surface area contributed by atoms with Crippen LogP contribution in [0.3, 0.4) is 0 Å². The Bertz CT molecular complexity index is 4240. The van der Waals surface area contributed by atoms with Gasteiger partial charge in [-0.1, -0.05) is 184 Å². The minimum absolute atomic E-state index is 0.315. The Morgan fingerprint density at radius 1 is 0.188 bits per heavy atom. The Morgan fingerprint density at radius 2 is 0.321 bits per heavy atom. The number of alkyl halides is 27.